The summed E-state index contributed by atoms with van der Waals surface area (Å²) in [6.07, 6.45) is 1.77. The molecular weight excluding hydrogens is 280 g/mol. The van der Waals surface area contributed by atoms with E-state index in [0.717, 1.165) is 18.9 Å². The van der Waals surface area contributed by atoms with Crippen LogP contribution in [0.2, 0.25) is 0 Å². The molecular formula is C16H24N4O2. The number of carbonyl (C=O) groups excluding carboxylic acids is 2. The smallest absolute Gasteiger partial charge is 0.244 e. The molecule has 2 rings (SSSR count). The second-order valence-electron chi connectivity index (χ2n) is 5.89. The lowest BCUT2D eigenvalue weighted by atomic mass is 10.1. The fraction of sp³-hybridized carbons (Fsp3) is 0.562. The Bertz CT molecular complexity index is 510. The summed E-state index contributed by atoms with van der Waals surface area (Å²) in [5, 5.41) is 2.76. The number of anilines is 1. The van der Waals surface area contributed by atoms with Gasteiger partial charge in [0, 0.05) is 38.3 Å². The minimum absolute atomic E-state index is 0.0188. The molecule has 1 fully saturated rings. The zero-order chi connectivity index (χ0) is 16.1. The minimum Gasteiger partial charge on any atom is -0.353 e. The van der Waals surface area contributed by atoms with Gasteiger partial charge in [0.1, 0.15) is 11.9 Å². The molecule has 1 aliphatic rings. The molecule has 1 aromatic rings. The maximum Gasteiger partial charge on any atom is 0.244 e. The summed E-state index contributed by atoms with van der Waals surface area (Å²) in [4.78, 5) is 32.4. The van der Waals surface area contributed by atoms with Crippen molar-refractivity contribution in [2.45, 2.75) is 26.8 Å². The number of carbonyl (C=O) groups is 2. The van der Waals surface area contributed by atoms with Crippen LogP contribution in [-0.2, 0) is 9.59 Å². The topological polar surface area (TPSA) is 65.5 Å². The first kappa shape index (κ1) is 16.3. The van der Waals surface area contributed by atoms with E-state index in [2.05, 4.69) is 15.2 Å². The number of piperazine rings is 1. The second kappa shape index (κ2) is 7.24. The number of hydrogen-bond donors (Lipinski definition) is 1. The molecule has 6 nitrogen and oxygen atoms in total. The summed E-state index contributed by atoms with van der Waals surface area (Å²) < 4.78 is 0. The fourth-order valence-electron chi connectivity index (χ4n) is 2.41. The lowest BCUT2D eigenvalue weighted by Crippen LogP contribution is -2.54. The highest BCUT2D eigenvalue weighted by Crippen LogP contribution is 2.13. The van der Waals surface area contributed by atoms with Crippen LogP contribution in [0, 0.1) is 5.92 Å². The Labute approximate surface area is 131 Å². The summed E-state index contributed by atoms with van der Waals surface area (Å²) in [6, 6.07) is 5.35. The predicted molar refractivity (Wildman–Crippen MR) is 85.5 cm³/mol. The van der Waals surface area contributed by atoms with Crippen molar-refractivity contribution in [3.8, 4) is 0 Å². The standard InChI is InChI=1S/C16H24N4O2/c1-12(2)15(21)18-13(3)16(22)20-10-8-19(9-11-20)14-6-4-5-7-17-14/h4-7,12-13H,8-11H2,1-3H3,(H,18,21)/t13-/m1/s1. The first-order chi connectivity index (χ1) is 10.5. The van der Waals surface area contributed by atoms with Crippen LogP contribution in [-0.4, -0.2) is 53.9 Å². The van der Waals surface area contributed by atoms with Gasteiger partial charge in [0.15, 0.2) is 0 Å². The molecule has 0 radical (unpaired) electrons. The quantitative estimate of drug-likeness (QED) is 0.897. The van der Waals surface area contributed by atoms with Gasteiger partial charge in [0.05, 0.1) is 0 Å². The molecule has 120 valence electrons. The van der Waals surface area contributed by atoms with Gasteiger partial charge in [-0.1, -0.05) is 19.9 Å². The van der Waals surface area contributed by atoms with Crippen molar-refractivity contribution < 1.29 is 9.59 Å². The van der Waals surface area contributed by atoms with Crippen molar-refractivity contribution in [2.75, 3.05) is 31.1 Å². The molecule has 2 heterocycles. The molecule has 1 atom stereocenters. The Morgan fingerprint density at radius 3 is 2.36 bits per heavy atom. The van der Waals surface area contributed by atoms with E-state index in [0.29, 0.717) is 13.1 Å². The highest BCUT2D eigenvalue weighted by Gasteiger charge is 2.26. The fourth-order valence-corrected chi connectivity index (χ4v) is 2.41. The summed E-state index contributed by atoms with van der Waals surface area (Å²) in [5.41, 5.74) is 0. The van der Waals surface area contributed by atoms with Crippen LogP contribution in [0.1, 0.15) is 20.8 Å². The lowest BCUT2D eigenvalue weighted by molar-refractivity contribution is -0.136. The van der Waals surface area contributed by atoms with Gasteiger partial charge < -0.3 is 15.1 Å². The molecule has 6 heteroatoms. The summed E-state index contributed by atoms with van der Waals surface area (Å²) in [7, 11) is 0. The van der Waals surface area contributed by atoms with Gasteiger partial charge in [-0.15, -0.1) is 0 Å². The second-order valence-corrected chi connectivity index (χ2v) is 5.89. The van der Waals surface area contributed by atoms with E-state index in [-0.39, 0.29) is 17.7 Å². The molecule has 22 heavy (non-hydrogen) atoms. The third kappa shape index (κ3) is 3.96. The van der Waals surface area contributed by atoms with Gasteiger partial charge in [0.2, 0.25) is 11.8 Å². The van der Waals surface area contributed by atoms with Gasteiger partial charge in [-0.3, -0.25) is 9.59 Å². The van der Waals surface area contributed by atoms with Crippen LogP contribution >= 0.6 is 0 Å². The van der Waals surface area contributed by atoms with Crippen LogP contribution in [0.5, 0.6) is 0 Å². The van der Waals surface area contributed by atoms with E-state index in [9.17, 15) is 9.59 Å². The monoisotopic (exact) mass is 304 g/mol. The molecule has 2 amide bonds. The SMILES string of the molecule is CC(C)C(=O)N[C@H](C)C(=O)N1CCN(c2ccccn2)CC1. The predicted octanol–water partition coefficient (Wildman–Crippen LogP) is 0.891. The zero-order valence-electron chi connectivity index (χ0n) is 13.5. The van der Waals surface area contributed by atoms with E-state index < -0.39 is 6.04 Å². The van der Waals surface area contributed by atoms with Crippen molar-refractivity contribution in [2.24, 2.45) is 5.92 Å². The maximum absolute atomic E-state index is 12.4. The third-order valence-corrected chi connectivity index (χ3v) is 3.82. The van der Waals surface area contributed by atoms with E-state index in [1.165, 1.54) is 0 Å². The molecule has 0 aromatic carbocycles. The van der Waals surface area contributed by atoms with Crippen LogP contribution in [0.3, 0.4) is 0 Å². The van der Waals surface area contributed by atoms with E-state index in [1.54, 1.807) is 13.1 Å². The first-order valence-electron chi connectivity index (χ1n) is 7.74. The Morgan fingerprint density at radius 1 is 1.14 bits per heavy atom. The lowest BCUT2D eigenvalue weighted by Gasteiger charge is -2.36. The summed E-state index contributed by atoms with van der Waals surface area (Å²) in [6.45, 7) is 8.19. The minimum atomic E-state index is -0.476. The molecule has 0 bridgehead atoms. The first-order valence-corrected chi connectivity index (χ1v) is 7.74. The molecule has 0 spiro atoms. The Balaban J connectivity index is 1.86. The van der Waals surface area contributed by atoms with Crippen molar-refractivity contribution >= 4 is 17.6 Å². The Hall–Kier alpha value is -2.11. The average molecular weight is 304 g/mol. The number of amides is 2. The molecule has 1 N–H and O–H groups in total. The molecule has 1 saturated heterocycles. The van der Waals surface area contributed by atoms with Crippen molar-refractivity contribution in [1.29, 1.82) is 0 Å². The number of nitrogens with zero attached hydrogens (tertiary/aromatic N) is 3. The Kier molecular flexibility index (Phi) is 5.35. The normalized spacial score (nSPS) is 16.5. The number of aromatic nitrogens is 1. The zero-order valence-corrected chi connectivity index (χ0v) is 13.5. The number of rotatable bonds is 4. The summed E-state index contributed by atoms with van der Waals surface area (Å²) >= 11 is 0. The van der Waals surface area contributed by atoms with Crippen molar-refractivity contribution in [3.63, 3.8) is 0 Å². The third-order valence-electron chi connectivity index (χ3n) is 3.82. The highest BCUT2D eigenvalue weighted by molar-refractivity contribution is 5.88. The highest BCUT2D eigenvalue weighted by atomic mass is 16.2. The van der Waals surface area contributed by atoms with Gasteiger partial charge in [-0.05, 0) is 19.1 Å². The van der Waals surface area contributed by atoms with Crippen LogP contribution in [0.4, 0.5) is 5.82 Å². The van der Waals surface area contributed by atoms with Gasteiger partial charge in [-0.25, -0.2) is 4.98 Å². The number of nitrogens with one attached hydrogen (secondary N) is 1. The number of hydrogen-bond acceptors (Lipinski definition) is 4. The van der Waals surface area contributed by atoms with Crippen LogP contribution in [0.25, 0.3) is 0 Å². The average Bonchev–Trinajstić information content (AvgIpc) is 2.55. The van der Waals surface area contributed by atoms with Gasteiger partial charge in [0.25, 0.3) is 0 Å². The van der Waals surface area contributed by atoms with Crippen molar-refractivity contribution in [1.82, 2.24) is 15.2 Å². The van der Waals surface area contributed by atoms with Gasteiger partial charge in [-0.2, -0.15) is 0 Å². The van der Waals surface area contributed by atoms with Gasteiger partial charge >= 0.3 is 0 Å². The summed E-state index contributed by atoms with van der Waals surface area (Å²) in [5.74, 6) is 0.717. The van der Waals surface area contributed by atoms with Crippen molar-refractivity contribution in [3.05, 3.63) is 24.4 Å². The van der Waals surface area contributed by atoms with E-state index in [4.69, 9.17) is 0 Å². The number of pyridine rings is 1. The van der Waals surface area contributed by atoms with E-state index >= 15 is 0 Å². The van der Waals surface area contributed by atoms with E-state index in [1.807, 2.05) is 36.9 Å². The maximum atomic E-state index is 12.4. The largest absolute Gasteiger partial charge is 0.353 e. The molecule has 0 saturated carbocycles. The molecule has 0 aliphatic carbocycles. The molecule has 1 aromatic heterocycles. The van der Waals surface area contributed by atoms with Crippen LogP contribution in [0.15, 0.2) is 24.4 Å². The molecule has 1 aliphatic heterocycles. The molecule has 0 unspecified atom stereocenters. The van der Waals surface area contributed by atoms with Crippen LogP contribution < -0.4 is 10.2 Å². The Morgan fingerprint density at radius 2 is 1.82 bits per heavy atom.